The van der Waals surface area contributed by atoms with Crippen LogP contribution in [0.2, 0.25) is 10.0 Å². The van der Waals surface area contributed by atoms with Gasteiger partial charge in [-0.2, -0.15) is 5.10 Å². The number of rotatable bonds is 5. The summed E-state index contributed by atoms with van der Waals surface area (Å²) >= 11 is 19.0. The van der Waals surface area contributed by atoms with E-state index in [2.05, 4.69) is 15.7 Å². The summed E-state index contributed by atoms with van der Waals surface area (Å²) in [5.74, 6) is -0.377. The van der Waals surface area contributed by atoms with E-state index in [-0.39, 0.29) is 12.4 Å². The molecule has 32 heavy (non-hydrogen) atoms. The minimum absolute atomic E-state index is 0.186. The number of hydrogen-bond donors (Lipinski definition) is 2. The summed E-state index contributed by atoms with van der Waals surface area (Å²) in [5.41, 5.74) is 1.07. The van der Waals surface area contributed by atoms with Gasteiger partial charge in [0.25, 0.3) is 0 Å². The van der Waals surface area contributed by atoms with Gasteiger partial charge in [-0.15, -0.1) is 11.3 Å². The number of methoxy groups -OCH3 is 1. The summed E-state index contributed by atoms with van der Waals surface area (Å²) in [6.45, 7) is 0.186. The Balaban J connectivity index is 1.44. The third-order valence-electron chi connectivity index (χ3n) is 4.52. The Bertz CT molecular complexity index is 1320. The number of thiocarbonyl (C=S) groups is 1. The quantitative estimate of drug-likeness (QED) is 0.247. The van der Waals surface area contributed by atoms with E-state index in [4.69, 9.17) is 40.2 Å². The average molecular weight is 509 g/mol. The predicted octanol–water partition coefficient (Wildman–Crippen LogP) is 6.19. The van der Waals surface area contributed by atoms with Crippen LogP contribution in [0.1, 0.15) is 15.2 Å². The molecule has 0 bridgehead atoms. The monoisotopic (exact) mass is 508 g/mol. The minimum atomic E-state index is -0.477. The van der Waals surface area contributed by atoms with Crippen LogP contribution in [0.25, 0.3) is 10.1 Å². The van der Waals surface area contributed by atoms with E-state index in [1.165, 1.54) is 24.5 Å². The number of thiophene rings is 1. The van der Waals surface area contributed by atoms with Crippen LogP contribution in [0.3, 0.4) is 0 Å². The summed E-state index contributed by atoms with van der Waals surface area (Å²) in [7, 11) is 1.31. The number of ether oxygens (including phenoxy) is 1. The molecule has 0 aliphatic heterocycles. The molecule has 0 aliphatic rings. The van der Waals surface area contributed by atoms with Crippen molar-refractivity contribution in [1.29, 1.82) is 0 Å². The van der Waals surface area contributed by atoms with Gasteiger partial charge >= 0.3 is 5.97 Å². The molecule has 2 heterocycles. The van der Waals surface area contributed by atoms with Crippen LogP contribution < -0.4 is 10.6 Å². The number of benzene rings is 2. The van der Waals surface area contributed by atoms with E-state index in [0.29, 0.717) is 37.1 Å². The lowest BCUT2D eigenvalue weighted by molar-refractivity contribution is 0.0606. The number of nitrogens with one attached hydrogen (secondary N) is 2. The normalized spacial score (nSPS) is 10.9. The summed E-state index contributed by atoms with van der Waals surface area (Å²) in [5, 5.41) is 12.2. The first-order valence-electron chi connectivity index (χ1n) is 9.20. The van der Waals surface area contributed by atoms with Gasteiger partial charge in [0.05, 0.1) is 18.7 Å². The number of halogens is 3. The summed E-state index contributed by atoms with van der Waals surface area (Å²) in [6.07, 6.45) is 1.70. The third kappa shape index (κ3) is 4.71. The minimum Gasteiger partial charge on any atom is -0.465 e. The molecule has 0 saturated carbocycles. The Morgan fingerprint density at radius 3 is 2.81 bits per heavy atom. The van der Waals surface area contributed by atoms with Crippen LogP contribution in [0.5, 0.6) is 0 Å². The predicted molar refractivity (Wildman–Crippen MR) is 131 cm³/mol. The number of aromatic nitrogens is 2. The second-order valence-electron chi connectivity index (χ2n) is 6.63. The standard InChI is InChI=1S/C21H15Cl2FN4O2S2/c1-30-20(29)19-18(23)12-6-5-11(9-16(12)32-19)25-21(31)26-17-7-8-28(27-17)10-13-14(22)3-2-4-15(13)24/h2-9H,10H2,1H3,(H2,25,26,27,31). The number of carbonyl (C=O) groups is 1. The molecular weight excluding hydrogens is 494 g/mol. The van der Waals surface area contributed by atoms with Crippen LogP contribution in [-0.2, 0) is 11.3 Å². The van der Waals surface area contributed by atoms with Gasteiger partial charge in [0, 0.05) is 38.6 Å². The molecule has 0 amide bonds. The first-order valence-corrected chi connectivity index (χ1v) is 11.2. The maximum absolute atomic E-state index is 14.0. The average Bonchev–Trinajstić information content (AvgIpc) is 3.34. The number of hydrogen-bond acceptors (Lipinski definition) is 5. The number of nitrogens with zero attached hydrogens (tertiary/aromatic N) is 2. The van der Waals surface area contributed by atoms with E-state index in [9.17, 15) is 9.18 Å². The van der Waals surface area contributed by atoms with Gasteiger partial charge in [0.1, 0.15) is 10.7 Å². The SMILES string of the molecule is COC(=O)c1sc2cc(NC(=S)Nc3ccn(Cc4c(F)cccc4Cl)n3)ccc2c1Cl. The van der Waals surface area contributed by atoms with Gasteiger partial charge in [0.15, 0.2) is 10.9 Å². The van der Waals surface area contributed by atoms with Crippen molar-refractivity contribution in [3.05, 3.63) is 75.0 Å². The van der Waals surface area contributed by atoms with Crippen molar-refractivity contribution in [2.75, 3.05) is 17.7 Å². The van der Waals surface area contributed by atoms with Crippen molar-refractivity contribution in [2.24, 2.45) is 0 Å². The first kappa shape index (κ1) is 22.5. The maximum Gasteiger partial charge on any atom is 0.349 e. The van der Waals surface area contributed by atoms with E-state index in [0.717, 1.165) is 10.1 Å². The van der Waals surface area contributed by atoms with Crippen molar-refractivity contribution >= 4 is 79.4 Å². The topological polar surface area (TPSA) is 68.2 Å². The molecule has 0 saturated heterocycles. The van der Waals surface area contributed by atoms with Crippen LogP contribution in [0.4, 0.5) is 15.9 Å². The highest BCUT2D eigenvalue weighted by Gasteiger charge is 2.18. The van der Waals surface area contributed by atoms with E-state index >= 15 is 0 Å². The lowest BCUT2D eigenvalue weighted by Gasteiger charge is -2.09. The molecule has 2 N–H and O–H groups in total. The van der Waals surface area contributed by atoms with Gasteiger partial charge < -0.3 is 15.4 Å². The highest BCUT2D eigenvalue weighted by molar-refractivity contribution is 7.80. The van der Waals surface area contributed by atoms with Gasteiger partial charge in [-0.1, -0.05) is 29.3 Å². The molecular formula is C21H15Cl2FN4O2S2. The third-order valence-corrected chi connectivity index (χ3v) is 6.72. The number of fused-ring (bicyclic) bond motifs is 1. The van der Waals surface area contributed by atoms with Crippen LogP contribution in [0.15, 0.2) is 48.7 Å². The molecule has 2 aromatic heterocycles. The summed E-state index contributed by atoms with van der Waals surface area (Å²) in [6, 6.07) is 11.7. The molecule has 0 unspecified atom stereocenters. The fourth-order valence-electron chi connectivity index (χ4n) is 3.01. The summed E-state index contributed by atoms with van der Waals surface area (Å²) < 4.78 is 21.1. The molecule has 11 heteroatoms. The molecule has 164 valence electrons. The van der Waals surface area contributed by atoms with Crippen molar-refractivity contribution in [3.8, 4) is 0 Å². The zero-order valence-corrected chi connectivity index (χ0v) is 19.6. The summed E-state index contributed by atoms with van der Waals surface area (Å²) in [4.78, 5) is 12.2. The zero-order chi connectivity index (χ0) is 22.8. The smallest absolute Gasteiger partial charge is 0.349 e. The maximum atomic E-state index is 14.0. The fraction of sp³-hybridized carbons (Fsp3) is 0.0952. The second-order valence-corrected chi connectivity index (χ2v) is 8.87. The Kier molecular flexibility index (Phi) is 6.61. The Labute approximate surface area is 201 Å². The molecule has 6 nitrogen and oxygen atoms in total. The largest absolute Gasteiger partial charge is 0.465 e. The van der Waals surface area contributed by atoms with Crippen LogP contribution in [0, 0.1) is 5.82 Å². The van der Waals surface area contributed by atoms with Gasteiger partial charge in [-0.3, -0.25) is 4.68 Å². The van der Waals surface area contributed by atoms with Crippen molar-refractivity contribution < 1.29 is 13.9 Å². The molecule has 0 radical (unpaired) electrons. The first-order chi connectivity index (χ1) is 15.4. The molecule has 0 spiro atoms. The number of anilines is 2. The number of esters is 1. The van der Waals surface area contributed by atoms with Gasteiger partial charge in [-0.05, 0) is 42.5 Å². The zero-order valence-electron chi connectivity index (χ0n) is 16.5. The van der Waals surface area contributed by atoms with Crippen LogP contribution >= 0.6 is 46.8 Å². The van der Waals surface area contributed by atoms with Crippen LogP contribution in [-0.4, -0.2) is 28.0 Å². The van der Waals surface area contributed by atoms with Crippen molar-refractivity contribution in [3.63, 3.8) is 0 Å². The molecule has 0 atom stereocenters. The van der Waals surface area contributed by atoms with Gasteiger partial charge in [-0.25, -0.2) is 9.18 Å². The highest BCUT2D eigenvalue weighted by atomic mass is 35.5. The molecule has 0 fully saturated rings. The lowest BCUT2D eigenvalue weighted by Crippen LogP contribution is -2.19. The Morgan fingerprint density at radius 2 is 2.06 bits per heavy atom. The number of carbonyl (C=O) groups excluding carboxylic acids is 1. The van der Waals surface area contributed by atoms with E-state index < -0.39 is 5.97 Å². The van der Waals surface area contributed by atoms with E-state index in [1.807, 2.05) is 6.07 Å². The lowest BCUT2D eigenvalue weighted by atomic mass is 10.2. The van der Waals surface area contributed by atoms with E-state index in [1.54, 1.807) is 41.2 Å². The second kappa shape index (κ2) is 9.41. The Morgan fingerprint density at radius 1 is 1.25 bits per heavy atom. The van der Waals surface area contributed by atoms with Crippen molar-refractivity contribution in [1.82, 2.24) is 9.78 Å². The molecule has 4 aromatic rings. The van der Waals surface area contributed by atoms with Crippen molar-refractivity contribution in [2.45, 2.75) is 6.54 Å². The molecule has 0 aliphatic carbocycles. The Hall–Kier alpha value is -2.72. The molecule has 2 aromatic carbocycles. The molecule has 4 rings (SSSR count). The fourth-order valence-corrected chi connectivity index (χ4v) is 4.92. The van der Waals surface area contributed by atoms with Gasteiger partial charge in [0.2, 0.25) is 0 Å². The highest BCUT2D eigenvalue weighted by Crippen LogP contribution is 2.37.